The first-order chi connectivity index (χ1) is 20.9. The molecule has 0 saturated heterocycles. The molecular formula is C36H52N2O5S. The zero-order valence-electron chi connectivity index (χ0n) is 26.8. The fourth-order valence-electron chi connectivity index (χ4n) is 11.2. The van der Waals surface area contributed by atoms with Crippen molar-refractivity contribution in [3.05, 3.63) is 42.5 Å². The van der Waals surface area contributed by atoms with Gasteiger partial charge in [0.05, 0.1) is 17.1 Å². The Bertz CT molecular complexity index is 1470. The summed E-state index contributed by atoms with van der Waals surface area (Å²) >= 11 is 0. The Morgan fingerprint density at radius 2 is 1.66 bits per heavy atom. The Hall–Kier alpha value is -2.16. The summed E-state index contributed by atoms with van der Waals surface area (Å²) in [6.07, 6.45) is 8.57. The highest BCUT2D eigenvalue weighted by atomic mass is 32.2. The first kappa shape index (κ1) is 31.8. The number of hydrogen-bond donors (Lipinski definition) is 4. The molecular weight excluding hydrogens is 572 g/mol. The fourth-order valence-corrected chi connectivity index (χ4v) is 12.3. The van der Waals surface area contributed by atoms with Crippen LogP contribution >= 0.6 is 0 Å². The van der Waals surface area contributed by atoms with Crippen molar-refractivity contribution in [1.82, 2.24) is 10.0 Å². The van der Waals surface area contributed by atoms with Crippen molar-refractivity contribution in [3.8, 4) is 0 Å². The quantitative estimate of drug-likeness (QED) is 0.282. The van der Waals surface area contributed by atoms with Crippen molar-refractivity contribution in [3.63, 3.8) is 0 Å². The van der Waals surface area contributed by atoms with E-state index < -0.39 is 16.1 Å². The van der Waals surface area contributed by atoms with Crippen LogP contribution in [-0.4, -0.2) is 43.4 Å². The maximum Gasteiger partial charge on any atom is 0.328 e. The zero-order chi connectivity index (χ0) is 31.4. The molecule has 0 radical (unpaired) electrons. The SMILES string of the molecule is CC[C@H]1[C@@H](O)[C@@H]2[C@H](CC[C@]3(C)C([C@H](C)CCNC(=O)NS(=O)(=O)c4cccc5ccccc45)CC[C@@H]23)[C@@]2(C)CC[C@@H](O)C[C@@H]12. The second kappa shape index (κ2) is 11.9. The molecule has 11 atom stereocenters. The largest absolute Gasteiger partial charge is 0.393 e. The number of nitrogens with one attached hydrogen (secondary N) is 2. The van der Waals surface area contributed by atoms with Gasteiger partial charge in [-0.15, -0.1) is 0 Å². The van der Waals surface area contributed by atoms with E-state index in [1.54, 1.807) is 18.2 Å². The molecule has 4 saturated carbocycles. The van der Waals surface area contributed by atoms with E-state index >= 15 is 0 Å². The van der Waals surface area contributed by atoms with Gasteiger partial charge >= 0.3 is 6.03 Å². The molecule has 2 amide bonds. The van der Waals surface area contributed by atoms with Crippen LogP contribution in [0.1, 0.15) is 85.5 Å². The molecule has 4 N–H and O–H groups in total. The van der Waals surface area contributed by atoms with Crippen LogP contribution in [0.3, 0.4) is 0 Å². The lowest BCUT2D eigenvalue weighted by Crippen LogP contribution is -2.62. The minimum absolute atomic E-state index is 0.0967. The highest BCUT2D eigenvalue weighted by Gasteiger charge is 2.64. The molecule has 44 heavy (non-hydrogen) atoms. The summed E-state index contributed by atoms with van der Waals surface area (Å²) in [5.41, 5.74) is 0.343. The van der Waals surface area contributed by atoms with Crippen molar-refractivity contribution in [1.29, 1.82) is 0 Å². The third kappa shape index (κ3) is 5.27. The van der Waals surface area contributed by atoms with Crippen molar-refractivity contribution in [2.45, 2.75) is 103 Å². The predicted molar refractivity (Wildman–Crippen MR) is 173 cm³/mol. The third-order valence-electron chi connectivity index (χ3n) is 13.3. The number of carbonyl (C=O) groups is 1. The second-order valence-corrected chi connectivity index (χ2v) is 16.9. The standard InChI is InChI=1S/C36H52N2O5S/c1-5-25-30-21-24(39)15-18-36(30,4)29-16-19-35(3)27(13-14-28(35)32(29)33(25)40)22(2)17-20-37-34(41)38-44(42,43)31-12-8-10-23-9-6-7-11-26(23)31/h6-12,22,24-25,27-30,32-33,39-40H,5,13-21H2,1-4H3,(H2,37,38,41)/t22-,24-,25-,27?,28+,29+,30+,32+,33-,35-,36-/m1/s1. The highest BCUT2D eigenvalue weighted by Crippen LogP contribution is 2.69. The number of carbonyl (C=O) groups excluding carboxylic acids is 1. The molecule has 2 aromatic carbocycles. The molecule has 2 aromatic rings. The van der Waals surface area contributed by atoms with Crippen LogP contribution in [0.4, 0.5) is 4.79 Å². The van der Waals surface area contributed by atoms with Crippen LogP contribution < -0.4 is 10.0 Å². The normalized spacial score (nSPS) is 39.1. The molecule has 7 nitrogen and oxygen atoms in total. The lowest BCUT2D eigenvalue weighted by molar-refractivity contribution is -0.203. The Morgan fingerprint density at radius 1 is 0.955 bits per heavy atom. The van der Waals surface area contributed by atoms with Gasteiger partial charge in [0.25, 0.3) is 10.0 Å². The van der Waals surface area contributed by atoms with Crippen LogP contribution in [0.2, 0.25) is 0 Å². The Kier molecular flexibility index (Phi) is 8.59. The monoisotopic (exact) mass is 624 g/mol. The van der Waals surface area contributed by atoms with Gasteiger partial charge < -0.3 is 15.5 Å². The summed E-state index contributed by atoms with van der Waals surface area (Å²) in [7, 11) is -4.02. The molecule has 0 bridgehead atoms. The number of aliphatic hydroxyl groups is 2. The van der Waals surface area contributed by atoms with Crippen molar-refractivity contribution < 1.29 is 23.4 Å². The lowest BCUT2D eigenvalue weighted by atomic mass is 9.41. The molecule has 0 spiro atoms. The highest BCUT2D eigenvalue weighted by molar-refractivity contribution is 7.90. The van der Waals surface area contributed by atoms with Gasteiger partial charge in [0.1, 0.15) is 0 Å². The van der Waals surface area contributed by atoms with Crippen LogP contribution in [-0.2, 0) is 10.0 Å². The van der Waals surface area contributed by atoms with E-state index in [4.69, 9.17) is 0 Å². The van der Waals surface area contributed by atoms with E-state index in [0.29, 0.717) is 47.4 Å². The molecule has 4 aliphatic rings. The summed E-state index contributed by atoms with van der Waals surface area (Å²) < 4.78 is 28.4. The zero-order valence-corrected chi connectivity index (χ0v) is 27.7. The fraction of sp³-hybridized carbons (Fsp3) is 0.694. The van der Waals surface area contributed by atoms with Crippen LogP contribution in [0.15, 0.2) is 47.4 Å². The van der Waals surface area contributed by atoms with Gasteiger partial charge in [0, 0.05) is 11.9 Å². The maximum absolute atomic E-state index is 13.1. The van der Waals surface area contributed by atoms with Gasteiger partial charge in [0.15, 0.2) is 0 Å². The lowest BCUT2D eigenvalue weighted by Gasteiger charge is -2.64. The number of fused-ring (bicyclic) bond motifs is 6. The topological polar surface area (TPSA) is 116 Å². The minimum atomic E-state index is -4.02. The van der Waals surface area contributed by atoms with Crippen LogP contribution in [0, 0.1) is 52.3 Å². The van der Waals surface area contributed by atoms with Gasteiger partial charge in [-0.1, -0.05) is 70.5 Å². The average molecular weight is 625 g/mol. The first-order valence-electron chi connectivity index (χ1n) is 17.0. The van der Waals surface area contributed by atoms with E-state index in [9.17, 15) is 23.4 Å². The summed E-state index contributed by atoms with van der Waals surface area (Å²) in [5.74, 6) is 2.84. The van der Waals surface area contributed by atoms with Gasteiger partial charge in [-0.25, -0.2) is 17.9 Å². The Labute approximate surface area is 263 Å². The molecule has 0 heterocycles. The van der Waals surface area contributed by atoms with E-state index in [1.165, 1.54) is 12.5 Å². The van der Waals surface area contributed by atoms with E-state index in [2.05, 4.69) is 37.7 Å². The van der Waals surface area contributed by atoms with E-state index in [-0.39, 0.29) is 33.9 Å². The molecule has 1 unspecified atom stereocenters. The van der Waals surface area contributed by atoms with Crippen LogP contribution in [0.5, 0.6) is 0 Å². The molecule has 0 aromatic heterocycles. The molecule has 0 aliphatic heterocycles. The molecule has 8 heteroatoms. The Balaban J connectivity index is 1.09. The summed E-state index contributed by atoms with van der Waals surface area (Å²) in [6.45, 7) is 9.84. The van der Waals surface area contributed by atoms with Gasteiger partial charge in [0.2, 0.25) is 0 Å². The molecule has 4 fully saturated rings. The van der Waals surface area contributed by atoms with Crippen molar-refractivity contribution in [2.75, 3.05) is 6.54 Å². The smallest absolute Gasteiger partial charge is 0.328 e. The second-order valence-electron chi connectivity index (χ2n) is 15.2. The summed E-state index contributed by atoms with van der Waals surface area (Å²) in [6, 6.07) is 11.6. The Morgan fingerprint density at radius 3 is 2.43 bits per heavy atom. The number of urea groups is 1. The molecule has 4 aliphatic carbocycles. The van der Waals surface area contributed by atoms with Crippen molar-refractivity contribution >= 4 is 26.8 Å². The van der Waals surface area contributed by atoms with E-state index in [0.717, 1.165) is 56.8 Å². The number of hydrogen-bond acceptors (Lipinski definition) is 5. The van der Waals surface area contributed by atoms with Gasteiger partial charge in [-0.05, 0) is 115 Å². The average Bonchev–Trinajstić information content (AvgIpc) is 3.35. The van der Waals surface area contributed by atoms with Gasteiger partial charge in [-0.3, -0.25) is 0 Å². The van der Waals surface area contributed by atoms with E-state index in [1.807, 2.05) is 18.2 Å². The number of benzene rings is 2. The molecule has 6 rings (SSSR count). The maximum atomic E-state index is 13.1. The summed E-state index contributed by atoms with van der Waals surface area (Å²) in [4.78, 5) is 12.8. The molecule has 242 valence electrons. The van der Waals surface area contributed by atoms with Crippen molar-refractivity contribution in [2.24, 2.45) is 52.3 Å². The summed E-state index contributed by atoms with van der Waals surface area (Å²) in [5, 5.41) is 26.7. The third-order valence-corrected chi connectivity index (χ3v) is 14.7. The minimum Gasteiger partial charge on any atom is -0.393 e. The number of aliphatic hydroxyl groups excluding tert-OH is 2. The number of sulfonamides is 1. The first-order valence-corrected chi connectivity index (χ1v) is 18.5. The number of rotatable bonds is 7. The van der Waals surface area contributed by atoms with Gasteiger partial charge in [-0.2, -0.15) is 0 Å². The number of amides is 2. The predicted octanol–water partition coefficient (Wildman–Crippen LogP) is 6.48. The van der Waals surface area contributed by atoms with Crippen LogP contribution in [0.25, 0.3) is 10.8 Å².